The molecule has 2 aromatic heterocycles. The van der Waals surface area contributed by atoms with Gasteiger partial charge in [0.05, 0.1) is 29.1 Å². The summed E-state index contributed by atoms with van der Waals surface area (Å²) in [7, 11) is 0. The van der Waals surface area contributed by atoms with Crippen molar-refractivity contribution >= 4 is 28.6 Å². The van der Waals surface area contributed by atoms with Crippen LogP contribution in [0.4, 0.5) is 11.4 Å². The van der Waals surface area contributed by atoms with Crippen molar-refractivity contribution in [2.45, 2.75) is 32.7 Å². The number of anilines is 1. The maximum absolute atomic E-state index is 4.76. The zero-order valence-electron chi connectivity index (χ0n) is 17.7. The molecule has 0 bridgehead atoms. The van der Waals surface area contributed by atoms with Crippen LogP contribution in [0, 0.1) is 11.3 Å². The van der Waals surface area contributed by atoms with E-state index in [0.29, 0.717) is 11.3 Å². The second-order valence-electron chi connectivity index (χ2n) is 9.45. The highest BCUT2D eigenvalue weighted by atomic mass is 15.3. The molecule has 5 rings (SSSR count). The van der Waals surface area contributed by atoms with E-state index in [1.807, 2.05) is 30.6 Å². The van der Waals surface area contributed by atoms with Crippen molar-refractivity contribution in [3.63, 3.8) is 0 Å². The fourth-order valence-corrected chi connectivity index (χ4v) is 4.79. The van der Waals surface area contributed by atoms with E-state index in [4.69, 9.17) is 4.99 Å². The van der Waals surface area contributed by atoms with E-state index >= 15 is 0 Å². The van der Waals surface area contributed by atoms with Crippen LogP contribution >= 0.6 is 0 Å². The molecular weight excluding hydrogens is 374 g/mol. The largest absolute Gasteiger partial charge is 0.365 e. The average Bonchev–Trinajstić information content (AvgIpc) is 3.45. The molecule has 0 radical (unpaired) electrons. The molecule has 2 unspecified atom stereocenters. The van der Waals surface area contributed by atoms with Crippen LogP contribution in [-0.4, -0.2) is 51.6 Å². The van der Waals surface area contributed by atoms with Gasteiger partial charge in [-0.2, -0.15) is 10.2 Å². The van der Waals surface area contributed by atoms with Gasteiger partial charge in [0.1, 0.15) is 5.69 Å². The number of aromatic nitrogens is 4. The van der Waals surface area contributed by atoms with Gasteiger partial charge in [-0.1, -0.05) is 26.8 Å². The van der Waals surface area contributed by atoms with Crippen molar-refractivity contribution in [1.29, 1.82) is 0 Å². The lowest BCUT2D eigenvalue weighted by Crippen LogP contribution is -2.54. The third-order valence-electron chi connectivity index (χ3n) is 6.33. The minimum absolute atomic E-state index is 0.206. The highest BCUT2D eigenvalue weighted by Gasteiger charge is 2.60. The lowest BCUT2D eigenvalue weighted by atomic mass is 9.86. The first-order chi connectivity index (χ1) is 14.4. The molecule has 3 aromatic rings. The van der Waals surface area contributed by atoms with E-state index in [1.165, 1.54) is 6.42 Å². The molecule has 3 heterocycles. The Morgan fingerprint density at radius 3 is 2.73 bits per heavy atom. The highest BCUT2D eigenvalue weighted by Crippen LogP contribution is 2.55. The maximum atomic E-state index is 4.76. The summed E-state index contributed by atoms with van der Waals surface area (Å²) in [6, 6.07) is 5.97. The SMILES string of the molecule is CC(C)(C)C1CC12CN(c1cnncc1/N=C/c1ccc3nccnc3c1)CCN2. The van der Waals surface area contributed by atoms with Gasteiger partial charge in [0.25, 0.3) is 0 Å². The van der Waals surface area contributed by atoms with Crippen LogP contribution in [0.2, 0.25) is 0 Å². The quantitative estimate of drug-likeness (QED) is 0.678. The highest BCUT2D eigenvalue weighted by molar-refractivity contribution is 5.88. The van der Waals surface area contributed by atoms with Gasteiger partial charge in [-0.25, -0.2) is 0 Å². The summed E-state index contributed by atoms with van der Waals surface area (Å²) < 4.78 is 0. The van der Waals surface area contributed by atoms with Gasteiger partial charge in [-0.3, -0.25) is 15.0 Å². The van der Waals surface area contributed by atoms with Crippen LogP contribution in [0.5, 0.6) is 0 Å². The lowest BCUT2D eigenvalue weighted by molar-refractivity contribution is 0.282. The molecule has 1 saturated heterocycles. The van der Waals surface area contributed by atoms with Gasteiger partial charge in [0.2, 0.25) is 0 Å². The second-order valence-corrected chi connectivity index (χ2v) is 9.45. The van der Waals surface area contributed by atoms with Crippen molar-refractivity contribution in [3.8, 4) is 0 Å². The Kier molecular flexibility index (Phi) is 4.50. The molecule has 2 fully saturated rings. The van der Waals surface area contributed by atoms with Crippen LogP contribution in [-0.2, 0) is 0 Å². The fraction of sp³-hybridized carbons (Fsp3) is 0.435. The van der Waals surface area contributed by atoms with Crippen LogP contribution < -0.4 is 10.2 Å². The molecule has 30 heavy (non-hydrogen) atoms. The van der Waals surface area contributed by atoms with E-state index in [9.17, 15) is 0 Å². The Morgan fingerprint density at radius 2 is 1.93 bits per heavy atom. The topological polar surface area (TPSA) is 79.2 Å². The lowest BCUT2D eigenvalue weighted by Gasteiger charge is -2.38. The Hall–Kier alpha value is -2.93. The molecule has 154 valence electrons. The molecule has 1 N–H and O–H groups in total. The molecular formula is C23H27N7. The Labute approximate surface area is 176 Å². The summed E-state index contributed by atoms with van der Waals surface area (Å²) >= 11 is 0. The Bertz CT molecular complexity index is 1100. The molecule has 2 atom stereocenters. The van der Waals surface area contributed by atoms with E-state index in [0.717, 1.165) is 47.6 Å². The molecule has 1 aromatic carbocycles. The number of rotatable bonds is 3. The molecule has 1 spiro atoms. The molecule has 2 aliphatic rings. The number of nitrogens with zero attached hydrogens (tertiary/aromatic N) is 6. The first kappa shape index (κ1) is 19.1. The number of aliphatic imine (C=N–C) groups is 1. The van der Waals surface area contributed by atoms with Crippen molar-refractivity contribution in [2.75, 3.05) is 24.5 Å². The summed E-state index contributed by atoms with van der Waals surface area (Å²) in [5, 5.41) is 12.0. The van der Waals surface area contributed by atoms with Crippen molar-refractivity contribution in [3.05, 3.63) is 48.5 Å². The first-order valence-corrected chi connectivity index (χ1v) is 10.5. The number of hydrogen-bond donors (Lipinski definition) is 1. The number of hydrogen-bond acceptors (Lipinski definition) is 7. The average molecular weight is 402 g/mol. The van der Waals surface area contributed by atoms with Gasteiger partial charge >= 0.3 is 0 Å². The fourth-order valence-electron chi connectivity index (χ4n) is 4.79. The minimum Gasteiger partial charge on any atom is -0.365 e. The number of fused-ring (bicyclic) bond motifs is 1. The predicted octanol–water partition coefficient (Wildman–Crippen LogP) is 3.38. The summed E-state index contributed by atoms with van der Waals surface area (Å²) in [5.41, 5.74) is 5.13. The van der Waals surface area contributed by atoms with Gasteiger partial charge in [0, 0.05) is 43.8 Å². The molecule has 7 nitrogen and oxygen atoms in total. The van der Waals surface area contributed by atoms with E-state index < -0.39 is 0 Å². The first-order valence-electron chi connectivity index (χ1n) is 10.5. The van der Waals surface area contributed by atoms with Crippen LogP contribution in [0.3, 0.4) is 0 Å². The summed E-state index contributed by atoms with van der Waals surface area (Å²) in [4.78, 5) is 15.9. The molecule has 1 aliphatic heterocycles. The van der Waals surface area contributed by atoms with Crippen LogP contribution in [0.1, 0.15) is 32.8 Å². The second kappa shape index (κ2) is 7.09. The van der Waals surface area contributed by atoms with Crippen LogP contribution in [0.25, 0.3) is 11.0 Å². The monoisotopic (exact) mass is 401 g/mol. The van der Waals surface area contributed by atoms with Crippen LogP contribution in [0.15, 0.2) is 48.0 Å². The summed E-state index contributed by atoms with van der Waals surface area (Å²) in [5.74, 6) is 0.688. The Morgan fingerprint density at radius 1 is 1.13 bits per heavy atom. The minimum atomic E-state index is 0.206. The van der Waals surface area contributed by atoms with Crippen molar-refractivity contribution < 1.29 is 0 Å². The van der Waals surface area contributed by atoms with Gasteiger partial charge in [-0.05, 0) is 35.4 Å². The van der Waals surface area contributed by atoms with Gasteiger partial charge < -0.3 is 10.2 Å². The third-order valence-corrected chi connectivity index (χ3v) is 6.33. The predicted molar refractivity (Wildman–Crippen MR) is 119 cm³/mol. The third kappa shape index (κ3) is 3.54. The maximum Gasteiger partial charge on any atom is 0.108 e. The Balaban J connectivity index is 1.39. The molecule has 1 aliphatic carbocycles. The molecule has 1 saturated carbocycles. The number of piperazine rings is 1. The normalized spacial score (nSPS) is 24.1. The zero-order valence-corrected chi connectivity index (χ0v) is 17.7. The standard InChI is InChI=1S/C23H27N7/c1-22(2,3)21-11-23(21)15-30(9-8-27-23)20-14-29-28-13-19(20)26-12-16-4-5-17-18(10-16)25-7-6-24-17/h4-7,10,12-14,21,27H,8-9,11,15H2,1-3H3/b26-12+. The van der Waals surface area contributed by atoms with Gasteiger partial charge in [-0.15, -0.1) is 0 Å². The number of benzene rings is 1. The zero-order chi connectivity index (χ0) is 20.8. The summed E-state index contributed by atoms with van der Waals surface area (Å²) in [6.07, 6.45) is 10.1. The molecule has 7 heteroatoms. The number of nitrogens with one attached hydrogen (secondary N) is 1. The van der Waals surface area contributed by atoms with E-state index in [1.54, 1.807) is 18.6 Å². The van der Waals surface area contributed by atoms with Crippen molar-refractivity contribution in [1.82, 2.24) is 25.5 Å². The van der Waals surface area contributed by atoms with Crippen molar-refractivity contribution in [2.24, 2.45) is 16.3 Å². The van der Waals surface area contributed by atoms with E-state index in [2.05, 4.69) is 51.2 Å². The van der Waals surface area contributed by atoms with E-state index in [-0.39, 0.29) is 5.54 Å². The van der Waals surface area contributed by atoms with Gasteiger partial charge in [0.15, 0.2) is 0 Å². The summed E-state index contributed by atoms with van der Waals surface area (Å²) in [6.45, 7) is 9.91. The molecule has 0 amide bonds. The smallest absolute Gasteiger partial charge is 0.108 e.